The summed E-state index contributed by atoms with van der Waals surface area (Å²) in [5.41, 5.74) is 3.08. The van der Waals surface area contributed by atoms with Crippen LogP contribution in [0.1, 0.15) is 43.4 Å². The summed E-state index contributed by atoms with van der Waals surface area (Å²) >= 11 is 3.67. The van der Waals surface area contributed by atoms with Crippen LogP contribution in [0.3, 0.4) is 0 Å². The standard InChI is InChI=1S/C16H19BrN4/c1-3-8-19-15-12(17)14(11-6-7-11)20-16(21-15)13-10(2)5-4-9-18-13/h4-5,9,11H,3,6-8H2,1-2H3,(H,19,20,21). The molecule has 2 aromatic rings. The first kappa shape index (κ1) is 14.4. The third kappa shape index (κ3) is 3.07. The molecule has 2 heterocycles. The summed E-state index contributed by atoms with van der Waals surface area (Å²) in [5, 5.41) is 3.39. The summed E-state index contributed by atoms with van der Waals surface area (Å²) in [6, 6.07) is 3.99. The fraction of sp³-hybridized carbons (Fsp3) is 0.438. The average molecular weight is 347 g/mol. The molecule has 0 aromatic carbocycles. The quantitative estimate of drug-likeness (QED) is 0.876. The Bertz CT molecular complexity index is 653. The molecule has 1 aliphatic rings. The van der Waals surface area contributed by atoms with Crippen LogP contribution in [-0.2, 0) is 0 Å². The molecule has 5 heteroatoms. The van der Waals surface area contributed by atoms with Gasteiger partial charge >= 0.3 is 0 Å². The van der Waals surface area contributed by atoms with Crippen molar-refractivity contribution in [3.8, 4) is 11.5 Å². The van der Waals surface area contributed by atoms with Gasteiger partial charge in [0, 0.05) is 18.7 Å². The first-order chi connectivity index (χ1) is 10.2. The lowest BCUT2D eigenvalue weighted by molar-refractivity contribution is 0.936. The van der Waals surface area contributed by atoms with E-state index in [4.69, 9.17) is 4.98 Å². The number of aromatic nitrogens is 3. The maximum Gasteiger partial charge on any atom is 0.180 e. The molecule has 0 radical (unpaired) electrons. The molecule has 1 aliphatic carbocycles. The van der Waals surface area contributed by atoms with Crippen molar-refractivity contribution in [3.63, 3.8) is 0 Å². The highest BCUT2D eigenvalue weighted by atomic mass is 79.9. The molecule has 21 heavy (non-hydrogen) atoms. The highest BCUT2D eigenvalue weighted by Crippen LogP contribution is 2.44. The number of nitrogens with one attached hydrogen (secondary N) is 1. The molecule has 0 spiro atoms. The third-order valence-electron chi connectivity index (χ3n) is 3.60. The molecule has 3 rings (SSSR count). The van der Waals surface area contributed by atoms with Crippen molar-refractivity contribution in [3.05, 3.63) is 34.1 Å². The topological polar surface area (TPSA) is 50.7 Å². The number of halogens is 1. The zero-order valence-electron chi connectivity index (χ0n) is 12.4. The molecular formula is C16H19BrN4. The van der Waals surface area contributed by atoms with Crippen molar-refractivity contribution in [1.82, 2.24) is 15.0 Å². The lowest BCUT2D eigenvalue weighted by Gasteiger charge is -2.13. The van der Waals surface area contributed by atoms with Gasteiger partial charge in [-0.05, 0) is 53.7 Å². The molecule has 0 aliphatic heterocycles. The minimum Gasteiger partial charge on any atom is -0.369 e. The van der Waals surface area contributed by atoms with Crippen LogP contribution in [0, 0.1) is 6.92 Å². The summed E-state index contributed by atoms with van der Waals surface area (Å²) in [7, 11) is 0. The second-order valence-electron chi connectivity index (χ2n) is 5.47. The Labute approximate surface area is 133 Å². The molecule has 1 saturated carbocycles. The van der Waals surface area contributed by atoms with Gasteiger partial charge < -0.3 is 5.32 Å². The van der Waals surface area contributed by atoms with E-state index in [1.165, 1.54) is 12.8 Å². The minimum atomic E-state index is 0.562. The highest BCUT2D eigenvalue weighted by Gasteiger charge is 2.29. The fourth-order valence-electron chi connectivity index (χ4n) is 2.28. The van der Waals surface area contributed by atoms with Crippen molar-refractivity contribution < 1.29 is 0 Å². The molecule has 4 nitrogen and oxygen atoms in total. The zero-order chi connectivity index (χ0) is 14.8. The Morgan fingerprint density at radius 3 is 2.81 bits per heavy atom. The van der Waals surface area contributed by atoms with Crippen LogP contribution in [-0.4, -0.2) is 21.5 Å². The number of rotatable bonds is 5. The minimum absolute atomic E-state index is 0.562. The van der Waals surface area contributed by atoms with Gasteiger partial charge in [-0.2, -0.15) is 0 Å². The first-order valence-corrected chi connectivity index (χ1v) is 8.23. The van der Waals surface area contributed by atoms with E-state index in [1.54, 1.807) is 6.20 Å². The Kier molecular flexibility index (Phi) is 4.19. The zero-order valence-corrected chi connectivity index (χ0v) is 13.9. The number of aryl methyl sites for hydroxylation is 1. The third-order valence-corrected chi connectivity index (χ3v) is 4.39. The molecule has 0 bridgehead atoms. The second kappa shape index (κ2) is 6.10. The average Bonchev–Trinajstić information content (AvgIpc) is 3.31. The van der Waals surface area contributed by atoms with E-state index >= 15 is 0 Å². The van der Waals surface area contributed by atoms with Crippen LogP contribution < -0.4 is 5.32 Å². The van der Waals surface area contributed by atoms with Crippen LogP contribution in [0.25, 0.3) is 11.5 Å². The van der Waals surface area contributed by atoms with Crippen LogP contribution >= 0.6 is 15.9 Å². The summed E-state index contributed by atoms with van der Waals surface area (Å²) in [6.07, 6.45) is 5.28. The molecule has 0 saturated heterocycles. The smallest absolute Gasteiger partial charge is 0.180 e. The van der Waals surface area contributed by atoms with Gasteiger partial charge in [0.25, 0.3) is 0 Å². The Balaban J connectivity index is 2.08. The van der Waals surface area contributed by atoms with Gasteiger partial charge in [-0.1, -0.05) is 13.0 Å². The van der Waals surface area contributed by atoms with Crippen molar-refractivity contribution >= 4 is 21.7 Å². The molecule has 0 atom stereocenters. The highest BCUT2D eigenvalue weighted by molar-refractivity contribution is 9.10. The van der Waals surface area contributed by atoms with Crippen molar-refractivity contribution in [2.24, 2.45) is 0 Å². The molecule has 110 valence electrons. The van der Waals surface area contributed by atoms with Crippen LogP contribution in [0.15, 0.2) is 22.8 Å². The monoisotopic (exact) mass is 346 g/mol. The SMILES string of the molecule is CCCNc1nc(-c2ncccc2C)nc(C2CC2)c1Br. The maximum absolute atomic E-state index is 4.77. The number of hydrogen-bond acceptors (Lipinski definition) is 4. The van der Waals surface area contributed by atoms with Crippen molar-refractivity contribution in [2.45, 2.75) is 39.0 Å². The largest absolute Gasteiger partial charge is 0.369 e. The van der Waals surface area contributed by atoms with E-state index in [-0.39, 0.29) is 0 Å². The predicted octanol–water partition coefficient (Wildman–Crippen LogP) is 4.31. The normalized spacial score (nSPS) is 14.2. The Hall–Kier alpha value is -1.49. The summed E-state index contributed by atoms with van der Waals surface area (Å²) < 4.78 is 1.01. The van der Waals surface area contributed by atoms with E-state index in [1.807, 2.05) is 19.1 Å². The van der Waals surface area contributed by atoms with E-state index < -0.39 is 0 Å². The molecule has 0 unspecified atom stereocenters. The molecule has 1 N–H and O–H groups in total. The number of hydrogen-bond donors (Lipinski definition) is 1. The summed E-state index contributed by atoms with van der Waals surface area (Å²) in [6.45, 7) is 5.09. The summed E-state index contributed by atoms with van der Waals surface area (Å²) in [5.74, 6) is 2.16. The Morgan fingerprint density at radius 1 is 1.33 bits per heavy atom. The van der Waals surface area contributed by atoms with Gasteiger partial charge in [0.2, 0.25) is 0 Å². The number of nitrogens with zero attached hydrogens (tertiary/aromatic N) is 3. The van der Waals surface area contributed by atoms with E-state index in [9.17, 15) is 0 Å². The number of anilines is 1. The Morgan fingerprint density at radius 2 is 2.14 bits per heavy atom. The van der Waals surface area contributed by atoms with Gasteiger partial charge in [-0.25, -0.2) is 9.97 Å². The predicted molar refractivity (Wildman–Crippen MR) is 88.5 cm³/mol. The maximum atomic E-state index is 4.77. The molecule has 0 amide bonds. The molecule has 2 aromatic heterocycles. The summed E-state index contributed by atoms with van der Waals surface area (Å²) in [4.78, 5) is 13.9. The van der Waals surface area contributed by atoms with Gasteiger partial charge in [-0.3, -0.25) is 4.98 Å². The first-order valence-electron chi connectivity index (χ1n) is 7.44. The van der Waals surface area contributed by atoms with Crippen molar-refractivity contribution in [1.29, 1.82) is 0 Å². The molecular weight excluding hydrogens is 328 g/mol. The lowest BCUT2D eigenvalue weighted by Crippen LogP contribution is -2.08. The lowest BCUT2D eigenvalue weighted by atomic mass is 10.2. The van der Waals surface area contributed by atoms with E-state index in [2.05, 4.69) is 38.1 Å². The second-order valence-corrected chi connectivity index (χ2v) is 6.26. The van der Waals surface area contributed by atoms with E-state index in [0.717, 1.165) is 46.0 Å². The number of pyridine rings is 1. The van der Waals surface area contributed by atoms with Crippen LogP contribution in [0.4, 0.5) is 5.82 Å². The fourth-order valence-corrected chi connectivity index (χ4v) is 2.92. The molecule has 1 fully saturated rings. The van der Waals surface area contributed by atoms with Crippen molar-refractivity contribution in [2.75, 3.05) is 11.9 Å². The van der Waals surface area contributed by atoms with Gasteiger partial charge in [0.05, 0.1) is 10.2 Å². The van der Waals surface area contributed by atoms with Gasteiger partial charge in [-0.15, -0.1) is 0 Å². The van der Waals surface area contributed by atoms with E-state index in [0.29, 0.717) is 5.92 Å². The van der Waals surface area contributed by atoms with Gasteiger partial charge in [0.1, 0.15) is 11.5 Å². The van der Waals surface area contributed by atoms with Crippen LogP contribution in [0.2, 0.25) is 0 Å². The van der Waals surface area contributed by atoms with Crippen LogP contribution in [0.5, 0.6) is 0 Å². The van der Waals surface area contributed by atoms with Gasteiger partial charge in [0.15, 0.2) is 5.82 Å².